The number of hydrogen-bond acceptors (Lipinski definition) is 7. The predicted molar refractivity (Wildman–Crippen MR) is 120 cm³/mol. The van der Waals surface area contributed by atoms with Gasteiger partial charge in [-0.15, -0.1) is 10.2 Å². The van der Waals surface area contributed by atoms with Gasteiger partial charge in [-0.2, -0.15) is 5.10 Å². The number of fused-ring (bicyclic) bond motifs is 1. The molecule has 0 spiro atoms. The minimum Gasteiger partial charge on any atom is -0.507 e. The zero-order valence-corrected chi connectivity index (χ0v) is 18.0. The van der Waals surface area contributed by atoms with Crippen molar-refractivity contribution in [3.05, 3.63) is 36.7 Å². The number of rotatable bonds is 3. The van der Waals surface area contributed by atoms with E-state index in [0.717, 1.165) is 68.2 Å². The van der Waals surface area contributed by atoms with Gasteiger partial charge in [0.25, 0.3) is 0 Å². The summed E-state index contributed by atoms with van der Waals surface area (Å²) < 4.78 is 7.31. The van der Waals surface area contributed by atoms with Crippen molar-refractivity contribution >= 4 is 11.5 Å². The number of nitrogens with zero attached hydrogens (tertiary/aromatic N) is 6. The number of phenolic OH excluding ortho intramolecular Hbond substituents is 1. The summed E-state index contributed by atoms with van der Waals surface area (Å²) in [6, 6.07) is 8.14. The van der Waals surface area contributed by atoms with Crippen molar-refractivity contribution in [3.8, 4) is 28.1 Å². The number of aromatic nitrogens is 4. The molecule has 0 saturated carbocycles. The lowest BCUT2D eigenvalue weighted by molar-refractivity contribution is 0.0843. The summed E-state index contributed by atoms with van der Waals surface area (Å²) in [5.74, 6) is 1.12. The van der Waals surface area contributed by atoms with Crippen LogP contribution in [0, 0.1) is 0 Å². The Labute approximate surface area is 182 Å². The summed E-state index contributed by atoms with van der Waals surface area (Å²) in [7, 11) is 3.98. The molecule has 0 unspecified atom stereocenters. The number of aryl methyl sites for hydroxylation is 1. The molecule has 0 aliphatic carbocycles. The van der Waals surface area contributed by atoms with E-state index in [4.69, 9.17) is 4.74 Å². The van der Waals surface area contributed by atoms with Crippen LogP contribution in [0.25, 0.3) is 22.4 Å². The van der Waals surface area contributed by atoms with Crippen molar-refractivity contribution in [2.45, 2.75) is 25.3 Å². The third-order valence-electron chi connectivity index (χ3n) is 6.27. The summed E-state index contributed by atoms with van der Waals surface area (Å²) in [4.78, 5) is 4.65. The Morgan fingerprint density at radius 3 is 2.61 bits per heavy atom. The van der Waals surface area contributed by atoms with E-state index in [1.165, 1.54) is 0 Å². The highest BCUT2D eigenvalue weighted by atomic mass is 16.5. The van der Waals surface area contributed by atoms with Gasteiger partial charge in [-0.1, -0.05) is 6.07 Å². The number of aromatic hydroxyl groups is 1. The Morgan fingerprint density at radius 2 is 1.87 bits per heavy atom. The summed E-state index contributed by atoms with van der Waals surface area (Å²) in [5, 5.41) is 24.2. The standard InChI is InChI=1S/C23H28N6O2/c1-27-8-3-9-29(18-6-10-31-11-7-18)23-21(27)13-20(25-26-23)19-5-4-16(12-22(19)30)17-14-24-28(2)15-17/h4-5,12-15,18,30H,3,6-11H2,1-2H3. The predicted octanol–water partition coefficient (Wildman–Crippen LogP) is 3.08. The molecule has 2 aliphatic rings. The molecule has 0 bridgehead atoms. The van der Waals surface area contributed by atoms with E-state index in [9.17, 15) is 5.11 Å². The van der Waals surface area contributed by atoms with Gasteiger partial charge in [-0.25, -0.2) is 0 Å². The van der Waals surface area contributed by atoms with Gasteiger partial charge in [-0.3, -0.25) is 4.68 Å². The van der Waals surface area contributed by atoms with Crippen molar-refractivity contribution in [1.29, 1.82) is 0 Å². The molecular weight excluding hydrogens is 392 g/mol. The van der Waals surface area contributed by atoms with Gasteiger partial charge in [0.15, 0.2) is 5.82 Å². The van der Waals surface area contributed by atoms with Gasteiger partial charge in [0, 0.05) is 63.8 Å². The van der Waals surface area contributed by atoms with Crippen LogP contribution in [-0.2, 0) is 11.8 Å². The molecule has 162 valence electrons. The average Bonchev–Trinajstić information content (AvgIpc) is 3.16. The van der Waals surface area contributed by atoms with Gasteiger partial charge >= 0.3 is 0 Å². The average molecular weight is 421 g/mol. The molecule has 1 aromatic carbocycles. The molecule has 4 heterocycles. The van der Waals surface area contributed by atoms with Crippen LogP contribution < -0.4 is 9.80 Å². The van der Waals surface area contributed by atoms with E-state index >= 15 is 0 Å². The van der Waals surface area contributed by atoms with Crippen LogP contribution in [0.2, 0.25) is 0 Å². The second-order valence-electron chi connectivity index (χ2n) is 8.39. The molecule has 2 aliphatic heterocycles. The number of ether oxygens (including phenoxy) is 1. The summed E-state index contributed by atoms with van der Waals surface area (Å²) in [6.45, 7) is 3.54. The molecule has 31 heavy (non-hydrogen) atoms. The van der Waals surface area contributed by atoms with Crippen molar-refractivity contribution in [3.63, 3.8) is 0 Å². The summed E-state index contributed by atoms with van der Waals surface area (Å²) in [6.07, 6.45) is 6.82. The first kappa shape index (κ1) is 19.8. The molecule has 1 N–H and O–H groups in total. The van der Waals surface area contributed by atoms with Crippen molar-refractivity contribution in [1.82, 2.24) is 20.0 Å². The van der Waals surface area contributed by atoms with Gasteiger partial charge in [0.1, 0.15) is 5.75 Å². The first-order valence-corrected chi connectivity index (χ1v) is 10.9. The van der Waals surface area contributed by atoms with E-state index in [2.05, 4.69) is 38.2 Å². The molecule has 1 fully saturated rings. The third-order valence-corrected chi connectivity index (χ3v) is 6.27. The van der Waals surface area contributed by atoms with Gasteiger partial charge in [0.05, 0.1) is 17.6 Å². The molecule has 5 rings (SSSR count). The zero-order chi connectivity index (χ0) is 21.4. The van der Waals surface area contributed by atoms with Gasteiger partial charge in [0.2, 0.25) is 0 Å². The lowest BCUT2D eigenvalue weighted by Crippen LogP contribution is -2.40. The lowest BCUT2D eigenvalue weighted by Gasteiger charge is -2.35. The van der Waals surface area contributed by atoms with Crippen LogP contribution in [0.5, 0.6) is 5.75 Å². The molecule has 8 nitrogen and oxygen atoms in total. The van der Waals surface area contributed by atoms with Crippen molar-refractivity contribution in [2.75, 3.05) is 43.2 Å². The Hall–Kier alpha value is -3.13. The Kier molecular flexibility index (Phi) is 5.23. The molecule has 0 amide bonds. The number of phenols is 1. The van der Waals surface area contributed by atoms with Crippen molar-refractivity contribution < 1.29 is 9.84 Å². The molecular formula is C23H28N6O2. The van der Waals surface area contributed by atoms with Crippen molar-refractivity contribution in [2.24, 2.45) is 7.05 Å². The molecule has 0 atom stereocenters. The first-order chi connectivity index (χ1) is 15.1. The monoisotopic (exact) mass is 420 g/mol. The second kappa shape index (κ2) is 8.19. The second-order valence-corrected chi connectivity index (χ2v) is 8.39. The van der Waals surface area contributed by atoms with E-state index in [0.29, 0.717) is 17.3 Å². The maximum Gasteiger partial charge on any atom is 0.175 e. The van der Waals surface area contributed by atoms with Crippen LogP contribution in [-0.4, -0.2) is 64.5 Å². The Morgan fingerprint density at radius 1 is 1.03 bits per heavy atom. The highest BCUT2D eigenvalue weighted by molar-refractivity contribution is 5.78. The number of benzene rings is 1. The largest absolute Gasteiger partial charge is 0.507 e. The number of anilines is 2. The fourth-order valence-corrected chi connectivity index (χ4v) is 4.55. The van der Waals surface area contributed by atoms with E-state index in [-0.39, 0.29) is 5.75 Å². The maximum atomic E-state index is 10.8. The summed E-state index contributed by atoms with van der Waals surface area (Å²) >= 11 is 0. The van der Waals surface area contributed by atoms with E-state index in [1.54, 1.807) is 16.9 Å². The topological polar surface area (TPSA) is 79.5 Å². The highest BCUT2D eigenvalue weighted by Crippen LogP contribution is 2.38. The minimum absolute atomic E-state index is 0.188. The normalized spacial score (nSPS) is 17.5. The fraction of sp³-hybridized carbons (Fsp3) is 0.435. The first-order valence-electron chi connectivity index (χ1n) is 10.9. The summed E-state index contributed by atoms with van der Waals surface area (Å²) in [5.41, 5.74) is 4.29. The smallest absolute Gasteiger partial charge is 0.175 e. The lowest BCUT2D eigenvalue weighted by atomic mass is 10.0. The molecule has 0 radical (unpaired) electrons. The quantitative estimate of drug-likeness (QED) is 0.697. The highest BCUT2D eigenvalue weighted by Gasteiger charge is 2.28. The fourth-order valence-electron chi connectivity index (χ4n) is 4.55. The Balaban J connectivity index is 1.50. The molecule has 1 saturated heterocycles. The van der Waals surface area contributed by atoms with E-state index < -0.39 is 0 Å². The van der Waals surface area contributed by atoms with Crippen LogP contribution in [0.1, 0.15) is 19.3 Å². The molecule has 2 aromatic heterocycles. The van der Waals surface area contributed by atoms with Crippen LogP contribution in [0.4, 0.5) is 11.5 Å². The zero-order valence-electron chi connectivity index (χ0n) is 18.0. The van der Waals surface area contributed by atoms with Gasteiger partial charge < -0.3 is 19.6 Å². The van der Waals surface area contributed by atoms with Crippen LogP contribution in [0.15, 0.2) is 36.7 Å². The van der Waals surface area contributed by atoms with Crippen LogP contribution in [0.3, 0.4) is 0 Å². The SMILES string of the molecule is CN1CCCN(C2CCOCC2)c2nnc(-c3ccc(-c4cnn(C)c4)cc3O)cc21. The van der Waals surface area contributed by atoms with E-state index in [1.807, 2.05) is 25.4 Å². The molecule has 8 heteroatoms. The maximum absolute atomic E-state index is 10.8. The minimum atomic E-state index is 0.188. The van der Waals surface area contributed by atoms with Gasteiger partial charge in [-0.05, 0) is 43.0 Å². The molecule has 3 aromatic rings. The van der Waals surface area contributed by atoms with Crippen LogP contribution >= 0.6 is 0 Å². The third kappa shape index (κ3) is 3.83. The Bertz CT molecular complexity index is 1080. The number of hydrogen-bond donors (Lipinski definition) is 1.